The summed E-state index contributed by atoms with van der Waals surface area (Å²) in [5.74, 6) is -0.766. The highest BCUT2D eigenvalue weighted by Gasteiger charge is 2.16. The monoisotopic (exact) mass is 353 g/mol. The lowest BCUT2D eigenvalue weighted by Crippen LogP contribution is -2.16. The summed E-state index contributed by atoms with van der Waals surface area (Å²) >= 11 is 3.29. The molecule has 21 heavy (non-hydrogen) atoms. The summed E-state index contributed by atoms with van der Waals surface area (Å²) in [6.07, 6.45) is 1.77. The average molecular weight is 354 g/mol. The molecule has 1 amide bonds. The summed E-state index contributed by atoms with van der Waals surface area (Å²) in [7, 11) is 0. The number of amides is 1. The number of phenols is 1. The minimum Gasteiger partial charge on any atom is -0.506 e. The van der Waals surface area contributed by atoms with Crippen LogP contribution in [0, 0.1) is 10.1 Å². The van der Waals surface area contributed by atoms with E-state index in [2.05, 4.69) is 21.2 Å². The smallest absolute Gasteiger partial charge is 0.273 e. The molecular weight excluding hydrogens is 342 g/mol. The maximum Gasteiger partial charge on any atom is 0.273 e. The highest BCUT2D eigenvalue weighted by molar-refractivity contribution is 9.10. The molecule has 0 aliphatic carbocycles. The highest BCUT2D eigenvalue weighted by Crippen LogP contribution is 2.28. The Hall–Kier alpha value is -2.35. The van der Waals surface area contributed by atoms with Gasteiger partial charge in [0.15, 0.2) is 0 Å². The first kappa shape index (κ1) is 15.0. The summed E-state index contributed by atoms with van der Waals surface area (Å²) in [5, 5.41) is 22.9. The van der Waals surface area contributed by atoms with Gasteiger partial charge < -0.3 is 15.0 Å². The lowest BCUT2D eigenvalue weighted by molar-refractivity contribution is -0.384. The van der Waals surface area contributed by atoms with Gasteiger partial charge in [0.2, 0.25) is 0 Å². The van der Waals surface area contributed by atoms with Crippen molar-refractivity contribution in [1.82, 2.24) is 4.57 Å². The Morgan fingerprint density at radius 3 is 2.76 bits per heavy atom. The molecule has 0 aliphatic rings. The van der Waals surface area contributed by atoms with E-state index in [1.54, 1.807) is 16.8 Å². The van der Waals surface area contributed by atoms with Crippen molar-refractivity contribution in [2.45, 2.75) is 13.5 Å². The standard InChI is InChI=1S/C13H12BrN3O4/c1-2-16-7-8(14)5-11(16)13(19)15-10-4-3-9(17(20)21)6-12(10)18/h3-7,18H,2H2,1H3,(H,15,19). The van der Waals surface area contributed by atoms with Crippen LogP contribution < -0.4 is 5.32 Å². The maximum absolute atomic E-state index is 12.2. The number of nitrogens with one attached hydrogen (secondary N) is 1. The van der Waals surface area contributed by atoms with E-state index in [0.29, 0.717) is 12.2 Å². The van der Waals surface area contributed by atoms with Gasteiger partial charge in [-0.25, -0.2) is 0 Å². The first-order chi connectivity index (χ1) is 9.92. The molecule has 0 radical (unpaired) electrons. The second-order valence-electron chi connectivity index (χ2n) is 4.24. The van der Waals surface area contributed by atoms with Gasteiger partial charge in [-0.1, -0.05) is 0 Å². The predicted octanol–water partition coefficient (Wildman–Crippen LogP) is 3.14. The summed E-state index contributed by atoms with van der Waals surface area (Å²) < 4.78 is 2.50. The number of carbonyl (C=O) groups excluding carboxylic acids is 1. The van der Waals surface area contributed by atoms with E-state index in [1.165, 1.54) is 12.1 Å². The fourth-order valence-electron chi connectivity index (χ4n) is 1.85. The van der Waals surface area contributed by atoms with Crippen molar-refractivity contribution in [2.24, 2.45) is 0 Å². The zero-order valence-electron chi connectivity index (χ0n) is 11.0. The molecule has 0 aliphatic heterocycles. The van der Waals surface area contributed by atoms with Gasteiger partial charge in [0.05, 0.1) is 16.7 Å². The van der Waals surface area contributed by atoms with E-state index >= 15 is 0 Å². The van der Waals surface area contributed by atoms with E-state index in [9.17, 15) is 20.0 Å². The Labute approximate surface area is 128 Å². The number of hydrogen-bond donors (Lipinski definition) is 2. The molecule has 7 nitrogen and oxygen atoms in total. The van der Waals surface area contributed by atoms with Crippen LogP contribution in [0.4, 0.5) is 11.4 Å². The number of aryl methyl sites for hydroxylation is 1. The van der Waals surface area contributed by atoms with Crippen LogP contribution in [0.3, 0.4) is 0 Å². The summed E-state index contributed by atoms with van der Waals surface area (Å²) in [6, 6.07) is 5.15. The van der Waals surface area contributed by atoms with Crippen molar-refractivity contribution < 1.29 is 14.8 Å². The molecule has 2 N–H and O–H groups in total. The van der Waals surface area contributed by atoms with Gasteiger partial charge >= 0.3 is 0 Å². The SMILES string of the molecule is CCn1cc(Br)cc1C(=O)Nc1ccc([N+](=O)[O-])cc1O. The fourth-order valence-corrected chi connectivity index (χ4v) is 2.32. The summed E-state index contributed by atoms with van der Waals surface area (Å²) in [6.45, 7) is 2.51. The van der Waals surface area contributed by atoms with Crippen LogP contribution in [0.2, 0.25) is 0 Å². The Bertz CT molecular complexity index is 711. The van der Waals surface area contributed by atoms with Gasteiger partial charge in [0.25, 0.3) is 11.6 Å². The molecule has 0 spiro atoms. The number of benzene rings is 1. The minimum atomic E-state index is -0.620. The van der Waals surface area contributed by atoms with Crippen LogP contribution in [-0.4, -0.2) is 20.5 Å². The van der Waals surface area contributed by atoms with Gasteiger partial charge in [0, 0.05) is 23.3 Å². The number of nitro benzene ring substituents is 1. The lowest BCUT2D eigenvalue weighted by Gasteiger charge is -2.09. The third kappa shape index (κ3) is 3.22. The number of rotatable bonds is 4. The van der Waals surface area contributed by atoms with Crippen LogP contribution in [0.1, 0.15) is 17.4 Å². The Kier molecular flexibility index (Phi) is 4.27. The average Bonchev–Trinajstić information content (AvgIpc) is 2.82. The van der Waals surface area contributed by atoms with Crippen LogP contribution in [0.25, 0.3) is 0 Å². The van der Waals surface area contributed by atoms with Crippen molar-refractivity contribution in [3.8, 4) is 5.75 Å². The highest BCUT2D eigenvalue weighted by atomic mass is 79.9. The number of halogens is 1. The number of nitro groups is 1. The van der Waals surface area contributed by atoms with Gasteiger partial charge in [-0.05, 0) is 35.0 Å². The Morgan fingerprint density at radius 1 is 1.48 bits per heavy atom. The molecule has 2 aromatic rings. The van der Waals surface area contributed by atoms with Crippen molar-refractivity contribution >= 4 is 33.2 Å². The fraction of sp³-hybridized carbons (Fsp3) is 0.154. The molecule has 110 valence electrons. The zero-order chi connectivity index (χ0) is 15.6. The number of non-ortho nitro benzene ring substituents is 1. The van der Waals surface area contributed by atoms with Crippen molar-refractivity contribution in [3.63, 3.8) is 0 Å². The van der Waals surface area contributed by atoms with Gasteiger partial charge in [-0.2, -0.15) is 0 Å². The van der Waals surface area contributed by atoms with Gasteiger partial charge in [-0.3, -0.25) is 14.9 Å². The molecule has 0 atom stereocenters. The zero-order valence-corrected chi connectivity index (χ0v) is 12.6. The molecule has 0 fully saturated rings. The third-order valence-corrected chi connectivity index (χ3v) is 3.31. The molecule has 0 saturated heterocycles. The number of hydrogen-bond acceptors (Lipinski definition) is 4. The number of nitrogens with zero attached hydrogens (tertiary/aromatic N) is 2. The first-order valence-electron chi connectivity index (χ1n) is 6.06. The molecule has 1 aromatic heterocycles. The molecular formula is C13H12BrN3O4. The molecule has 0 saturated carbocycles. The van der Waals surface area contributed by atoms with E-state index in [-0.39, 0.29) is 17.1 Å². The molecule has 1 heterocycles. The molecule has 2 rings (SSSR count). The third-order valence-electron chi connectivity index (χ3n) is 2.88. The van der Waals surface area contributed by atoms with E-state index < -0.39 is 10.8 Å². The van der Waals surface area contributed by atoms with Crippen LogP contribution >= 0.6 is 15.9 Å². The molecule has 1 aromatic carbocycles. The van der Waals surface area contributed by atoms with Crippen LogP contribution in [0.15, 0.2) is 34.9 Å². The summed E-state index contributed by atoms with van der Waals surface area (Å²) in [5.41, 5.74) is 0.290. The molecule has 0 unspecified atom stereocenters. The molecule has 0 bridgehead atoms. The number of aromatic hydroxyl groups is 1. The van der Waals surface area contributed by atoms with Crippen molar-refractivity contribution in [2.75, 3.05) is 5.32 Å². The van der Waals surface area contributed by atoms with Crippen molar-refractivity contribution in [1.29, 1.82) is 0 Å². The number of anilines is 1. The Morgan fingerprint density at radius 2 is 2.19 bits per heavy atom. The van der Waals surface area contributed by atoms with Crippen LogP contribution in [-0.2, 0) is 6.54 Å². The first-order valence-corrected chi connectivity index (χ1v) is 6.86. The van der Waals surface area contributed by atoms with E-state index in [4.69, 9.17) is 0 Å². The second-order valence-corrected chi connectivity index (χ2v) is 5.16. The predicted molar refractivity (Wildman–Crippen MR) is 80.5 cm³/mol. The Balaban J connectivity index is 2.25. The van der Waals surface area contributed by atoms with Crippen molar-refractivity contribution in [3.05, 3.63) is 50.7 Å². The van der Waals surface area contributed by atoms with Gasteiger partial charge in [0.1, 0.15) is 11.4 Å². The van der Waals surface area contributed by atoms with Gasteiger partial charge in [-0.15, -0.1) is 0 Å². The van der Waals surface area contributed by atoms with Crippen LogP contribution in [0.5, 0.6) is 5.75 Å². The largest absolute Gasteiger partial charge is 0.506 e. The maximum atomic E-state index is 12.2. The topological polar surface area (TPSA) is 97.4 Å². The molecule has 8 heteroatoms. The summed E-state index contributed by atoms with van der Waals surface area (Å²) in [4.78, 5) is 22.2. The second kappa shape index (κ2) is 5.96. The normalized spacial score (nSPS) is 10.4. The number of carbonyl (C=O) groups is 1. The van der Waals surface area contributed by atoms with E-state index in [1.807, 2.05) is 6.92 Å². The number of aromatic nitrogens is 1. The minimum absolute atomic E-state index is 0.116. The number of phenolic OH excluding ortho intramolecular Hbond substituents is 1. The van der Waals surface area contributed by atoms with E-state index in [0.717, 1.165) is 10.5 Å². The quantitative estimate of drug-likeness (QED) is 0.501. The lowest BCUT2D eigenvalue weighted by atomic mass is 10.2.